The van der Waals surface area contributed by atoms with Crippen LogP contribution in [0.5, 0.6) is 5.75 Å². The molecule has 1 saturated heterocycles. The van der Waals surface area contributed by atoms with E-state index in [1.54, 1.807) is 0 Å². The fraction of sp³-hybridized carbons (Fsp3) is 0.455. The van der Waals surface area contributed by atoms with Crippen LogP contribution in [0.25, 0.3) is 0 Å². The summed E-state index contributed by atoms with van der Waals surface area (Å²) in [6.45, 7) is 0.883. The van der Waals surface area contributed by atoms with Crippen molar-refractivity contribution >= 4 is 5.69 Å². The Bertz CT molecular complexity index is 414. The van der Waals surface area contributed by atoms with Gasteiger partial charge in [0.2, 0.25) is 0 Å². The topological polar surface area (TPSA) is 81.8 Å². The van der Waals surface area contributed by atoms with Gasteiger partial charge in [-0.15, -0.1) is 0 Å². The van der Waals surface area contributed by atoms with Gasteiger partial charge in [0, 0.05) is 12.5 Å². The van der Waals surface area contributed by atoms with E-state index in [1.807, 2.05) is 0 Å². The van der Waals surface area contributed by atoms with Gasteiger partial charge in [0.05, 0.1) is 24.7 Å². The number of rotatable bonds is 4. The van der Waals surface area contributed by atoms with Gasteiger partial charge < -0.3 is 14.6 Å². The van der Waals surface area contributed by atoms with Gasteiger partial charge in [-0.1, -0.05) is 0 Å². The predicted octanol–water partition coefficient (Wildman–Crippen LogP) is 1.25. The van der Waals surface area contributed by atoms with E-state index in [1.165, 1.54) is 18.2 Å². The van der Waals surface area contributed by atoms with Gasteiger partial charge in [0.15, 0.2) is 5.75 Å². The van der Waals surface area contributed by atoms with Crippen molar-refractivity contribution in [1.29, 1.82) is 0 Å². The van der Waals surface area contributed by atoms with Gasteiger partial charge in [-0.25, -0.2) is 0 Å². The van der Waals surface area contributed by atoms with Crippen LogP contribution in [0.4, 0.5) is 5.69 Å². The molecule has 2 rings (SSSR count). The molecule has 0 radical (unpaired) electrons. The third kappa shape index (κ3) is 2.72. The predicted molar refractivity (Wildman–Crippen MR) is 58.9 cm³/mol. The molecule has 17 heavy (non-hydrogen) atoms. The minimum Gasteiger partial charge on any atom is -0.481 e. The van der Waals surface area contributed by atoms with Crippen LogP contribution < -0.4 is 4.74 Å². The van der Waals surface area contributed by atoms with Crippen LogP contribution >= 0.6 is 0 Å². The highest BCUT2D eigenvalue weighted by Crippen LogP contribution is 2.30. The molecule has 0 amide bonds. The number of hydrogen-bond donors (Lipinski definition) is 1. The summed E-state index contributed by atoms with van der Waals surface area (Å²) < 4.78 is 10.7. The molecule has 1 atom stereocenters. The molecule has 0 saturated carbocycles. The summed E-state index contributed by atoms with van der Waals surface area (Å²) in [6.07, 6.45) is 0.572. The third-order valence-corrected chi connectivity index (χ3v) is 2.59. The Morgan fingerprint density at radius 3 is 3.00 bits per heavy atom. The largest absolute Gasteiger partial charge is 0.481 e. The molecule has 0 spiro atoms. The van der Waals surface area contributed by atoms with Gasteiger partial charge in [0.1, 0.15) is 6.10 Å². The van der Waals surface area contributed by atoms with Gasteiger partial charge >= 0.3 is 5.69 Å². The standard InChI is InChI=1S/C11H13NO5/c13-6-8-1-2-10(12(14)15)11(5-8)17-9-3-4-16-7-9/h1-2,5,9,13H,3-4,6-7H2. The van der Waals surface area contributed by atoms with E-state index in [9.17, 15) is 10.1 Å². The van der Waals surface area contributed by atoms with E-state index >= 15 is 0 Å². The van der Waals surface area contributed by atoms with Crippen molar-refractivity contribution in [1.82, 2.24) is 0 Å². The molecular formula is C11H13NO5. The van der Waals surface area contributed by atoms with E-state index in [4.69, 9.17) is 14.6 Å². The van der Waals surface area contributed by atoms with E-state index in [2.05, 4.69) is 0 Å². The van der Waals surface area contributed by atoms with Crippen molar-refractivity contribution in [2.45, 2.75) is 19.1 Å². The molecule has 6 nitrogen and oxygen atoms in total. The Morgan fingerprint density at radius 1 is 1.59 bits per heavy atom. The Hall–Kier alpha value is -1.66. The summed E-state index contributed by atoms with van der Waals surface area (Å²) >= 11 is 0. The van der Waals surface area contributed by atoms with E-state index in [0.717, 1.165) is 6.42 Å². The van der Waals surface area contributed by atoms with Crippen LogP contribution in [0, 0.1) is 10.1 Å². The minimum absolute atomic E-state index is 0.0888. The second-order valence-corrected chi connectivity index (χ2v) is 3.82. The first-order chi connectivity index (χ1) is 8.20. The lowest BCUT2D eigenvalue weighted by atomic mass is 10.2. The van der Waals surface area contributed by atoms with Crippen molar-refractivity contribution in [3.63, 3.8) is 0 Å². The minimum atomic E-state index is -0.494. The monoisotopic (exact) mass is 239 g/mol. The highest BCUT2D eigenvalue weighted by Gasteiger charge is 2.22. The van der Waals surface area contributed by atoms with Gasteiger partial charge in [-0.2, -0.15) is 0 Å². The molecule has 1 aromatic carbocycles. The normalized spacial score (nSPS) is 19.2. The maximum atomic E-state index is 10.8. The number of hydrogen-bond acceptors (Lipinski definition) is 5. The molecule has 0 aromatic heterocycles. The third-order valence-electron chi connectivity index (χ3n) is 2.59. The SMILES string of the molecule is O=[N+]([O-])c1ccc(CO)cc1OC1CCOC1. The molecule has 1 aliphatic heterocycles. The Labute approximate surface area is 97.9 Å². The highest BCUT2D eigenvalue weighted by molar-refractivity contribution is 5.48. The highest BCUT2D eigenvalue weighted by atomic mass is 16.6. The molecule has 1 fully saturated rings. The molecule has 0 bridgehead atoms. The number of benzene rings is 1. The first-order valence-corrected chi connectivity index (χ1v) is 5.33. The first-order valence-electron chi connectivity index (χ1n) is 5.33. The number of nitro groups is 1. The fourth-order valence-electron chi connectivity index (χ4n) is 1.69. The molecule has 1 N–H and O–H groups in total. The van der Waals surface area contributed by atoms with Crippen molar-refractivity contribution < 1.29 is 19.5 Å². The number of ether oxygens (including phenoxy) is 2. The molecule has 0 aliphatic carbocycles. The lowest BCUT2D eigenvalue weighted by molar-refractivity contribution is -0.386. The smallest absolute Gasteiger partial charge is 0.310 e. The van der Waals surface area contributed by atoms with Crippen LogP contribution in [-0.4, -0.2) is 29.3 Å². The van der Waals surface area contributed by atoms with E-state index < -0.39 is 4.92 Å². The maximum Gasteiger partial charge on any atom is 0.310 e. The number of nitro benzene ring substituents is 1. The molecule has 92 valence electrons. The summed E-state index contributed by atoms with van der Waals surface area (Å²) in [7, 11) is 0. The Kier molecular flexibility index (Phi) is 3.55. The summed E-state index contributed by atoms with van der Waals surface area (Å²) in [6, 6.07) is 4.35. The van der Waals surface area contributed by atoms with Crippen LogP contribution in [0.2, 0.25) is 0 Å². The molecule has 1 aliphatic rings. The van der Waals surface area contributed by atoms with Crippen molar-refractivity contribution in [3.8, 4) is 5.75 Å². The molecule has 1 unspecified atom stereocenters. The Balaban J connectivity index is 2.24. The second kappa shape index (κ2) is 5.11. The summed E-state index contributed by atoms with van der Waals surface area (Å²) in [5.41, 5.74) is 0.499. The summed E-state index contributed by atoms with van der Waals surface area (Å²) in [5, 5.41) is 19.8. The van der Waals surface area contributed by atoms with Crippen LogP contribution in [0.3, 0.4) is 0 Å². The number of aliphatic hydroxyl groups excluding tert-OH is 1. The van der Waals surface area contributed by atoms with Crippen LogP contribution in [0.15, 0.2) is 18.2 Å². The molecule has 6 heteroatoms. The summed E-state index contributed by atoms with van der Waals surface area (Å²) in [4.78, 5) is 10.3. The number of aliphatic hydroxyl groups is 1. The molecule has 1 heterocycles. The zero-order chi connectivity index (χ0) is 12.3. The average molecular weight is 239 g/mol. The van der Waals surface area contributed by atoms with Crippen LogP contribution in [-0.2, 0) is 11.3 Å². The first kappa shape index (κ1) is 11.8. The van der Waals surface area contributed by atoms with Crippen molar-refractivity contribution in [2.75, 3.05) is 13.2 Å². The van der Waals surface area contributed by atoms with Gasteiger partial charge in [-0.05, 0) is 17.7 Å². The maximum absolute atomic E-state index is 10.8. The Morgan fingerprint density at radius 2 is 2.41 bits per heavy atom. The van der Waals surface area contributed by atoms with Gasteiger partial charge in [0.25, 0.3) is 0 Å². The van der Waals surface area contributed by atoms with Gasteiger partial charge in [-0.3, -0.25) is 10.1 Å². The quantitative estimate of drug-likeness (QED) is 0.631. The fourth-order valence-corrected chi connectivity index (χ4v) is 1.69. The molecule has 1 aromatic rings. The van der Waals surface area contributed by atoms with Crippen molar-refractivity contribution in [3.05, 3.63) is 33.9 Å². The van der Waals surface area contributed by atoms with Crippen molar-refractivity contribution in [2.24, 2.45) is 0 Å². The molecular weight excluding hydrogens is 226 g/mol. The zero-order valence-corrected chi connectivity index (χ0v) is 9.17. The lowest BCUT2D eigenvalue weighted by Gasteiger charge is -2.12. The van der Waals surface area contributed by atoms with Crippen LogP contribution in [0.1, 0.15) is 12.0 Å². The lowest BCUT2D eigenvalue weighted by Crippen LogP contribution is -2.16. The van der Waals surface area contributed by atoms with E-state index in [-0.39, 0.29) is 24.1 Å². The zero-order valence-electron chi connectivity index (χ0n) is 9.17. The van der Waals surface area contributed by atoms with E-state index in [0.29, 0.717) is 18.8 Å². The summed E-state index contributed by atoms with van der Waals surface area (Å²) in [5.74, 6) is 0.192. The average Bonchev–Trinajstić information content (AvgIpc) is 2.81. The second-order valence-electron chi connectivity index (χ2n) is 3.82. The number of nitrogens with zero attached hydrogens (tertiary/aromatic N) is 1.